The molecule has 0 aliphatic rings. The number of aliphatic imine (C=N–C) groups is 1. The highest BCUT2D eigenvalue weighted by molar-refractivity contribution is 6.22. The summed E-state index contributed by atoms with van der Waals surface area (Å²) < 4.78 is 4.87. The second-order valence-corrected chi connectivity index (χ2v) is 7.92. The van der Waals surface area contributed by atoms with Crippen LogP contribution in [0.4, 0.5) is 5.69 Å². The summed E-state index contributed by atoms with van der Waals surface area (Å²) in [4.78, 5) is 26.5. The topological polar surface area (TPSA) is 90.8 Å². The molecule has 0 bridgehead atoms. The highest BCUT2D eigenvalue weighted by atomic mass is 16.5. The number of aromatic hydroxyl groups is 1. The van der Waals surface area contributed by atoms with Crippen molar-refractivity contribution >= 4 is 28.3 Å². The predicted octanol–water partition coefficient (Wildman–Crippen LogP) is 5.07. The molecule has 0 unspecified atom stereocenters. The molecule has 0 saturated heterocycles. The van der Waals surface area contributed by atoms with Crippen molar-refractivity contribution in [1.29, 1.82) is 0 Å². The van der Waals surface area contributed by atoms with Crippen LogP contribution in [-0.4, -0.2) is 51.9 Å². The first-order valence-electron chi connectivity index (χ1n) is 11.3. The van der Waals surface area contributed by atoms with Gasteiger partial charge in [-0.2, -0.15) is 0 Å². The predicted molar refractivity (Wildman–Crippen MR) is 134 cm³/mol. The number of aromatic nitrogens is 2. The van der Waals surface area contributed by atoms with Gasteiger partial charge in [0.15, 0.2) is 5.88 Å². The Hall–Kier alpha value is -3.97. The fraction of sp³-hybridized carbons (Fsp3) is 0.222. The van der Waals surface area contributed by atoms with Crippen molar-refractivity contribution in [2.24, 2.45) is 4.99 Å². The number of aromatic amines is 1. The minimum atomic E-state index is -0.445. The first-order chi connectivity index (χ1) is 16.5. The smallest absolute Gasteiger partial charge is 0.337 e. The van der Waals surface area contributed by atoms with Crippen molar-refractivity contribution in [1.82, 2.24) is 14.9 Å². The molecule has 7 heteroatoms. The van der Waals surface area contributed by atoms with Crippen LogP contribution < -0.4 is 0 Å². The Morgan fingerprint density at radius 3 is 2.38 bits per heavy atom. The van der Waals surface area contributed by atoms with Gasteiger partial charge in [-0.1, -0.05) is 26.0 Å². The van der Waals surface area contributed by atoms with Crippen LogP contribution in [-0.2, 0) is 11.3 Å². The fourth-order valence-electron chi connectivity index (χ4n) is 3.95. The number of rotatable bonds is 8. The van der Waals surface area contributed by atoms with Crippen LogP contribution >= 0.6 is 0 Å². The zero-order valence-electron chi connectivity index (χ0n) is 19.6. The molecule has 0 spiro atoms. The Morgan fingerprint density at radius 1 is 1.03 bits per heavy atom. The normalized spacial score (nSPS) is 11.8. The summed E-state index contributed by atoms with van der Waals surface area (Å²) in [5.74, 6) is -0.467. The van der Waals surface area contributed by atoms with Gasteiger partial charge in [0.05, 0.1) is 29.6 Å². The van der Waals surface area contributed by atoms with E-state index in [0.29, 0.717) is 27.7 Å². The molecule has 0 aliphatic carbocycles. The van der Waals surface area contributed by atoms with E-state index in [0.717, 1.165) is 30.9 Å². The second-order valence-electron chi connectivity index (χ2n) is 7.92. The van der Waals surface area contributed by atoms with Gasteiger partial charge >= 0.3 is 5.97 Å². The van der Waals surface area contributed by atoms with Gasteiger partial charge in [0.1, 0.15) is 0 Å². The van der Waals surface area contributed by atoms with E-state index in [-0.39, 0.29) is 5.88 Å². The van der Waals surface area contributed by atoms with Gasteiger partial charge in [-0.25, -0.2) is 9.79 Å². The largest absolute Gasteiger partial charge is 0.494 e. The van der Waals surface area contributed by atoms with Gasteiger partial charge in [-0.3, -0.25) is 9.88 Å². The lowest BCUT2D eigenvalue weighted by Gasteiger charge is -2.17. The number of hydrogen-bond acceptors (Lipinski definition) is 6. The zero-order valence-corrected chi connectivity index (χ0v) is 19.6. The number of fused-ring (bicyclic) bond motifs is 1. The Bertz CT molecular complexity index is 1310. The zero-order chi connectivity index (χ0) is 24.1. The van der Waals surface area contributed by atoms with Crippen molar-refractivity contribution in [3.63, 3.8) is 0 Å². The van der Waals surface area contributed by atoms with Crippen molar-refractivity contribution in [3.05, 3.63) is 89.2 Å². The first-order valence-corrected chi connectivity index (χ1v) is 11.3. The lowest BCUT2D eigenvalue weighted by atomic mass is 10.0. The molecule has 4 aromatic rings. The standard InChI is InChI=1S/C27H28N4O3/c1-4-31(5-2)17-18-6-9-21(10-7-18)29-25(19-12-14-28-15-13-19)24-22-16-20(27(33)34-3)8-11-23(22)30-26(24)32/h6-16,30,32H,4-5,17H2,1-3H3. The summed E-state index contributed by atoms with van der Waals surface area (Å²) in [6.45, 7) is 7.19. The van der Waals surface area contributed by atoms with Crippen LogP contribution in [0.5, 0.6) is 5.88 Å². The molecule has 2 aromatic carbocycles. The van der Waals surface area contributed by atoms with Crippen LogP contribution in [0.25, 0.3) is 10.9 Å². The van der Waals surface area contributed by atoms with Gasteiger partial charge in [0.25, 0.3) is 0 Å². The number of ether oxygens (including phenoxy) is 1. The molecule has 174 valence electrons. The van der Waals surface area contributed by atoms with E-state index >= 15 is 0 Å². The summed E-state index contributed by atoms with van der Waals surface area (Å²) >= 11 is 0. The van der Waals surface area contributed by atoms with Gasteiger partial charge < -0.3 is 14.8 Å². The summed E-state index contributed by atoms with van der Waals surface area (Å²) in [5, 5.41) is 11.5. The summed E-state index contributed by atoms with van der Waals surface area (Å²) in [6, 6.07) is 16.9. The first kappa shape index (κ1) is 23.2. The molecule has 0 saturated carbocycles. The maximum absolute atomic E-state index is 12.1. The Kier molecular flexibility index (Phi) is 7.04. The van der Waals surface area contributed by atoms with Crippen molar-refractivity contribution < 1.29 is 14.6 Å². The summed E-state index contributed by atoms with van der Waals surface area (Å²) in [5.41, 5.74) is 4.94. The quantitative estimate of drug-likeness (QED) is 0.285. The molecule has 4 rings (SSSR count). The molecule has 2 aromatic heterocycles. The van der Waals surface area contributed by atoms with Crippen LogP contribution in [0.3, 0.4) is 0 Å². The SMILES string of the molecule is CCN(CC)Cc1ccc(N=C(c2ccncc2)c2c(O)[nH]c3ccc(C(=O)OC)cc23)cc1. The third kappa shape index (κ3) is 4.84. The number of esters is 1. The Balaban J connectivity index is 1.82. The van der Waals surface area contributed by atoms with E-state index in [1.54, 1.807) is 30.6 Å². The average molecular weight is 457 g/mol. The maximum atomic E-state index is 12.1. The number of methoxy groups -OCH3 is 1. The van der Waals surface area contributed by atoms with E-state index in [9.17, 15) is 9.90 Å². The highest BCUT2D eigenvalue weighted by Crippen LogP contribution is 2.32. The minimum Gasteiger partial charge on any atom is -0.494 e. The second kappa shape index (κ2) is 10.3. The molecule has 34 heavy (non-hydrogen) atoms. The van der Waals surface area contributed by atoms with Crippen LogP contribution in [0.2, 0.25) is 0 Å². The van der Waals surface area contributed by atoms with Gasteiger partial charge in [-0.05, 0) is 61.1 Å². The molecular weight excluding hydrogens is 428 g/mol. The molecule has 2 heterocycles. The van der Waals surface area contributed by atoms with E-state index in [1.807, 2.05) is 24.3 Å². The number of carbonyl (C=O) groups is 1. The number of H-pyrrole nitrogens is 1. The number of hydrogen-bond donors (Lipinski definition) is 2. The van der Waals surface area contributed by atoms with Crippen molar-refractivity contribution in [3.8, 4) is 5.88 Å². The molecule has 0 radical (unpaired) electrons. The van der Waals surface area contributed by atoms with Gasteiger partial charge in [0, 0.05) is 35.4 Å². The van der Waals surface area contributed by atoms with E-state index in [1.165, 1.54) is 12.7 Å². The number of nitrogens with one attached hydrogen (secondary N) is 1. The maximum Gasteiger partial charge on any atom is 0.337 e. The van der Waals surface area contributed by atoms with E-state index in [4.69, 9.17) is 9.73 Å². The average Bonchev–Trinajstić information content (AvgIpc) is 3.21. The van der Waals surface area contributed by atoms with E-state index < -0.39 is 5.97 Å². The third-order valence-electron chi connectivity index (χ3n) is 5.87. The Morgan fingerprint density at radius 2 is 1.74 bits per heavy atom. The Labute approximate surface area is 198 Å². The minimum absolute atomic E-state index is 0.0225. The van der Waals surface area contributed by atoms with Crippen molar-refractivity contribution in [2.45, 2.75) is 20.4 Å². The molecule has 0 atom stereocenters. The molecule has 0 aliphatic heterocycles. The van der Waals surface area contributed by atoms with Gasteiger partial charge in [-0.15, -0.1) is 0 Å². The van der Waals surface area contributed by atoms with Crippen LogP contribution in [0.15, 0.2) is 72.0 Å². The van der Waals surface area contributed by atoms with Crippen molar-refractivity contribution in [2.75, 3.05) is 20.2 Å². The molecule has 0 fully saturated rings. The number of carbonyl (C=O) groups excluding carboxylic acids is 1. The summed E-state index contributed by atoms with van der Waals surface area (Å²) in [7, 11) is 1.34. The lowest BCUT2D eigenvalue weighted by molar-refractivity contribution is 0.0601. The van der Waals surface area contributed by atoms with Crippen LogP contribution in [0, 0.1) is 0 Å². The monoisotopic (exact) mass is 456 g/mol. The van der Waals surface area contributed by atoms with Gasteiger partial charge in [0.2, 0.25) is 0 Å². The molecule has 0 amide bonds. The lowest BCUT2D eigenvalue weighted by Crippen LogP contribution is -2.21. The number of pyridine rings is 1. The molecule has 2 N–H and O–H groups in total. The summed E-state index contributed by atoms with van der Waals surface area (Å²) in [6.07, 6.45) is 3.37. The molecular formula is C27H28N4O3. The fourth-order valence-corrected chi connectivity index (χ4v) is 3.95. The van der Waals surface area contributed by atoms with E-state index in [2.05, 4.69) is 40.8 Å². The number of benzene rings is 2. The third-order valence-corrected chi connectivity index (χ3v) is 5.87. The number of nitrogens with zero attached hydrogens (tertiary/aromatic N) is 3. The highest BCUT2D eigenvalue weighted by Gasteiger charge is 2.20. The van der Waals surface area contributed by atoms with Crippen LogP contribution in [0.1, 0.15) is 40.9 Å². The molecule has 7 nitrogen and oxygen atoms in total.